The van der Waals surface area contributed by atoms with Crippen LogP contribution < -0.4 is 10.0 Å². The highest BCUT2D eigenvalue weighted by molar-refractivity contribution is 6.39. The summed E-state index contributed by atoms with van der Waals surface area (Å²) in [5, 5.41) is 13.7. The first-order chi connectivity index (χ1) is 25.1. The van der Waals surface area contributed by atoms with Gasteiger partial charge in [-0.05, 0) is 93.3 Å². The molecule has 4 nitrogen and oxygen atoms in total. The zero-order valence-corrected chi connectivity index (χ0v) is 30.7. The average molecular weight is 681 g/mol. The van der Waals surface area contributed by atoms with Crippen LogP contribution in [0.25, 0.3) is 5.57 Å². The molecule has 0 fully saturated rings. The van der Waals surface area contributed by atoms with Crippen LogP contribution in [-0.4, -0.2) is 16.1 Å². The van der Waals surface area contributed by atoms with Crippen LogP contribution in [0.3, 0.4) is 0 Å². The molecule has 0 radical (unpaired) electrons. The predicted octanol–water partition coefficient (Wildman–Crippen LogP) is 10.4. The summed E-state index contributed by atoms with van der Waals surface area (Å²) in [5.74, 6) is -0.420. The number of nitrogens with zero attached hydrogens (tertiary/aromatic N) is 2. The fourth-order valence-electron chi connectivity index (χ4n) is 7.55. The van der Waals surface area contributed by atoms with Crippen LogP contribution in [0.4, 0.5) is 17.1 Å². The number of aryl methyl sites for hydroxylation is 4. The number of benzene rings is 5. The summed E-state index contributed by atoms with van der Waals surface area (Å²) in [7, 11) is 0. The highest BCUT2D eigenvalue weighted by Crippen LogP contribution is 2.41. The Balaban J connectivity index is 1.21. The summed E-state index contributed by atoms with van der Waals surface area (Å²) >= 11 is 0. The van der Waals surface area contributed by atoms with Gasteiger partial charge in [-0.2, -0.15) is 4.58 Å². The highest BCUT2D eigenvalue weighted by atomic mass is 16.3. The van der Waals surface area contributed by atoms with Crippen molar-refractivity contribution < 1.29 is 14.5 Å². The quantitative estimate of drug-likeness (QED) is 0.121. The van der Waals surface area contributed by atoms with E-state index in [-0.39, 0.29) is 34.8 Å². The van der Waals surface area contributed by atoms with Gasteiger partial charge in [-0.25, -0.2) is 0 Å². The zero-order valence-electron chi connectivity index (χ0n) is 30.7. The molecular weight excluding hydrogens is 637 g/mol. The number of hydrogen-bond donors (Lipinski definition) is 0. The van der Waals surface area contributed by atoms with Crippen molar-refractivity contribution in [1.29, 1.82) is 0 Å². The maximum atomic E-state index is 13.7. The molecule has 258 valence electrons. The van der Waals surface area contributed by atoms with E-state index >= 15 is 0 Å². The first kappa shape index (κ1) is 34.4. The van der Waals surface area contributed by atoms with Crippen LogP contribution in [-0.2, 0) is 4.79 Å². The zero-order chi connectivity index (χ0) is 36.5. The Bertz CT molecular complexity index is 2310. The Morgan fingerprint density at radius 1 is 0.615 bits per heavy atom. The fraction of sp³-hybridized carbons (Fsp3) is 0.167. The van der Waals surface area contributed by atoms with Crippen molar-refractivity contribution in [3.05, 3.63) is 201 Å². The average Bonchev–Trinajstić information content (AvgIpc) is 3.15. The third-order valence-electron chi connectivity index (χ3n) is 10.3. The Morgan fingerprint density at radius 3 is 1.77 bits per heavy atom. The molecule has 0 bridgehead atoms. The number of carbonyl (C=O) groups excluding carboxylic acids is 1. The lowest BCUT2D eigenvalue weighted by molar-refractivity contribution is -0.486. The summed E-state index contributed by atoms with van der Waals surface area (Å²) in [6, 6.07) is 41.9. The van der Waals surface area contributed by atoms with E-state index in [2.05, 4.69) is 136 Å². The van der Waals surface area contributed by atoms with E-state index in [0.29, 0.717) is 11.1 Å². The number of anilines is 2. The summed E-state index contributed by atoms with van der Waals surface area (Å²) in [4.78, 5) is 16.0. The van der Waals surface area contributed by atoms with Crippen molar-refractivity contribution in [2.75, 3.05) is 4.90 Å². The molecule has 0 aromatic heterocycles. The SMILES string of the molecule is Cc1ccc(N(c2ccc(C3=C([O-])C(=C4C=CC(=[N+](c5ccc(C)cc5C)C(C)c5ccccc5)C=C4)C3=O)cc2)C(C)c2ccccc2)c(C)c1. The minimum absolute atomic E-state index is 0.0533. The molecular formula is C48H44N2O2. The number of hydrogen-bond acceptors (Lipinski definition) is 3. The van der Waals surface area contributed by atoms with E-state index in [1.165, 1.54) is 33.4 Å². The normalized spacial score (nSPS) is 15.1. The second-order valence-corrected chi connectivity index (χ2v) is 14.0. The maximum absolute atomic E-state index is 13.7. The third-order valence-corrected chi connectivity index (χ3v) is 10.3. The minimum atomic E-state index is -0.210. The van der Waals surface area contributed by atoms with Gasteiger partial charge in [0, 0.05) is 58.8 Å². The highest BCUT2D eigenvalue weighted by Gasteiger charge is 2.32. The Kier molecular flexibility index (Phi) is 9.49. The third kappa shape index (κ3) is 6.49. The Morgan fingerprint density at radius 2 is 1.19 bits per heavy atom. The van der Waals surface area contributed by atoms with Crippen LogP contribution >= 0.6 is 0 Å². The van der Waals surface area contributed by atoms with Crippen molar-refractivity contribution in [3.63, 3.8) is 0 Å². The van der Waals surface area contributed by atoms with Gasteiger partial charge in [0.25, 0.3) is 0 Å². The lowest BCUT2D eigenvalue weighted by Crippen LogP contribution is -2.30. The summed E-state index contributed by atoms with van der Waals surface area (Å²) in [6.07, 6.45) is 7.84. The van der Waals surface area contributed by atoms with Gasteiger partial charge in [0.15, 0.2) is 11.8 Å². The lowest BCUT2D eigenvalue weighted by atomic mass is 9.80. The van der Waals surface area contributed by atoms with Crippen LogP contribution in [0, 0.1) is 27.7 Å². The first-order valence-corrected chi connectivity index (χ1v) is 18.0. The molecule has 2 aliphatic rings. The van der Waals surface area contributed by atoms with Crippen LogP contribution in [0.15, 0.2) is 163 Å². The van der Waals surface area contributed by atoms with Gasteiger partial charge < -0.3 is 10.0 Å². The topological polar surface area (TPSA) is 46.4 Å². The van der Waals surface area contributed by atoms with Crippen molar-refractivity contribution in [3.8, 4) is 0 Å². The second kappa shape index (κ2) is 14.3. The summed E-state index contributed by atoms with van der Waals surface area (Å²) < 4.78 is 2.32. The molecule has 0 aliphatic heterocycles. The van der Waals surface area contributed by atoms with E-state index in [4.69, 9.17) is 0 Å². The van der Waals surface area contributed by atoms with E-state index in [1.807, 2.05) is 60.7 Å². The number of allylic oxidation sites excluding steroid dienone is 7. The van der Waals surface area contributed by atoms with Crippen molar-refractivity contribution in [2.45, 2.75) is 53.6 Å². The van der Waals surface area contributed by atoms with Crippen molar-refractivity contribution >= 4 is 34.1 Å². The van der Waals surface area contributed by atoms with Crippen molar-refractivity contribution in [1.82, 2.24) is 0 Å². The number of ketones is 1. The van der Waals surface area contributed by atoms with Gasteiger partial charge >= 0.3 is 0 Å². The smallest absolute Gasteiger partial charge is 0.209 e. The molecule has 0 saturated heterocycles. The largest absolute Gasteiger partial charge is 0.871 e. The molecule has 0 spiro atoms. The van der Waals surface area contributed by atoms with Gasteiger partial charge in [-0.15, -0.1) is 0 Å². The Hall–Kier alpha value is -6.00. The van der Waals surface area contributed by atoms with Gasteiger partial charge in [0.05, 0.1) is 6.04 Å². The van der Waals surface area contributed by atoms with Gasteiger partial charge in [-0.3, -0.25) is 4.79 Å². The molecule has 2 aliphatic carbocycles. The molecule has 0 saturated carbocycles. The maximum Gasteiger partial charge on any atom is 0.209 e. The lowest BCUT2D eigenvalue weighted by Gasteiger charge is -2.34. The van der Waals surface area contributed by atoms with Crippen molar-refractivity contribution in [2.24, 2.45) is 0 Å². The number of Topliss-reactive ketones (excluding diaryl/α,β-unsaturated/α-hetero) is 1. The summed E-state index contributed by atoms with van der Waals surface area (Å²) in [5.41, 5.74) is 13.2. The predicted molar refractivity (Wildman–Crippen MR) is 212 cm³/mol. The van der Waals surface area contributed by atoms with E-state index in [9.17, 15) is 9.90 Å². The van der Waals surface area contributed by atoms with E-state index in [1.54, 1.807) is 0 Å². The fourth-order valence-corrected chi connectivity index (χ4v) is 7.55. The molecule has 5 aromatic carbocycles. The summed E-state index contributed by atoms with van der Waals surface area (Å²) in [6.45, 7) is 12.9. The second-order valence-electron chi connectivity index (χ2n) is 14.0. The van der Waals surface area contributed by atoms with Gasteiger partial charge in [0.1, 0.15) is 0 Å². The standard InChI is InChI=1S/C48H44N2O2/c1-31-17-27-43(33(3)29-31)49(35(5)37-13-9-7-10-14-37)41-23-19-39(20-24-41)45-47(51)46(48(45)52)40-21-25-42(26-22-40)50(36(6)38-15-11-8-12-16-38)44-28-18-32(2)30-34(44)4/h7-30,35-36H,1-6H3. The monoisotopic (exact) mass is 680 g/mol. The van der Waals surface area contributed by atoms with Crippen LogP contribution in [0.1, 0.15) is 64.9 Å². The molecule has 2 unspecified atom stereocenters. The molecule has 0 amide bonds. The number of carbonyl (C=O) groups is 1. The molecule has 0 N–H and O–H groups in total. The molecule has 0 heterocycles. The van der Waals surface area contributed by atoms with Gasteiger partial charge in [0.2, 0.25) is 11.4 Å². The first-order valence-electron chi connectivity index (χ1n) is 18.0. The van der Waals surface area contributed by atoms with Crippen LogP contribution in [0.2, 0.25) is 0 Å². The van der Waals surface area contributed by atoms with Crippen LogP contribution in [0.5, 0.6) is 0 Å². The molecule has 5 aromatic rings. The molecule has 52 heavy (non-hydrogen) atoms. The van der Waals surface area contributed by atoms with Gasteiger partial charge in [-0.1, -0.05) is 108 Å². The molecule has 4 heteroatoms. The molecule has 2 atom stereocenters. The molecule has 7 rings (SSSR count). The van der Waals surface area contributed by atoms with E-state index in [0.717, 1.165) is 22.8 Å². The minimum Gasteiger partial charge on any atom is -0.871 e. The Labute approximate surface area is 307 Å². The number of rotatable bonds is 8. The van der Waals surface area contributed by atoms with E-state index < -0.39 is 0 Å².